The monoisotopic (exact) mass is 901 g/mol. The Kier molecular flexibility index (Phi) is 27.1. The Morgan fingerprint density at radius 2 is 1.06 bits per heavy atom. The molecule has 25 heteroatoms. The molecule has 8 atom stereocenters. The minimum Gasteiger partial charge on any atom is -0.481 e. The number of carbonyl (C=O) groups excluding carboxylic acids is 7. The largest absolute Gasteiger partial charge is 0.481 e. The quantitative estimate of drug-likeness (QED) is 0.0171. The third kappa shape index (κ3) is 24.2. The Bertz CT molecular complexity index is 1610. The summed E-state index contributed by atoms with van der Waals surface area (Å²) in [5, 5.41) is 43.2. The zero-order chi connectivity index (χ0) is 48.4. The molecule has 0 bridgehead atoms. The van der Waals surface area contributed by atoms with E-state index in [1.807, 2.05) is 0 Å². The summed E-state index contributed by atoms with van der Waals surface area (Å²) >= 11 is 0. The number of nitrogens with zero attached hydrogens (tertiary/aromatic N) is 1. The molecule has 0 aromatic heterocycles. The van der Waals surface area contributed by atoms with Crippen molar-refractivity contribution >= 4 is 65.2 Å². The highest BCUT2D eigenvalue weighted by Crippen LogP contribution is 2.13. The summed E-state index contributed by atoms with van der Waals surface area (Å²) in [6.07, 6.45) is -1.45. The summed E-state index contributed by atoms with van der Waals surface area (Å²) in [7, 11) is 0. The van der Waals surface area contributed by atoms with Gasteiger partial charge in [0.05, 0.1) is 12.5 Å². The van der Waals surface area contributed by atoms with Crippen LogP contribution in [0.15, 0.2) is 4.99 Å². The van der Waals surface area contributed by atoms with Crippen LogP contribution in [0.3, 0.4) is 0 Å². The molecule has 0 aliphatic carbocycles. The van der Waals surface area contributed by atoms with E-state index < -0.39 is 127 Å². The first-order valence-electron chi connectivity index (χ1n) is 20.7. The Labute approximate surface area is 365 Å². The second kappa shape index (κ2) is 30.0. The number of carboxylic acid groups (broad SMARTS) is 3. The van der Waals surface area contributed by atoms with E-state index in [2.05, 4.69) is 36.9 Å². The van der Waals surface area contributed by atoms with Crippen LogP contribution in [0, 0.1) is 11.8 Å². The second-order valence-electron chi connectivity index (χ2n) is 15.5. The van der Waals surface area contributed by atoms with Crippen molar-refractivity contribution in [3.05, 3.63) is 0 Å². The van der Waals surface area contributed by atoms with Gasteiger partial charge in [0.15, 0.2) is 5.96 Å². The fourth-order valence-electron chi connectivity index (χ4n) is 5.89. The molecule has 0 unspecified atom stereocenters. The summed E-state index contributed by atoms with van der Waals surface area (Å²) in [6.45, 7) is 6.91. The van der Waals surface area contributed by atoms with E-state index in [1.54, 1.807) is 27.7 Å². The maximum Gasteiger partial charge on any atom is 0.326 e. The number of carboxylic acids is 3. The van der Waals surface area contributed by atoms with Crippen molar-refractivity contribution in [3.63, 3.8) is 0 Å². The number of primary amides is 1. The average molecular weight is 901 g/mol. The van der Waals surface area contributed by atoms with Crippen LogP contribution in [-0.4, -0.2) is 136 Å². The molecule has 0 aromatic carbocycles. The molecular weight excluding hydrogens is 832 g/mol. The molecule has 0 radical (unpaired) electrons. The Morgan fingerprint density at radius 3 is 1.54 bits per heavy atom. The van der Waals surface area contributed by atoms with E-state index in [1.165, 1.54) is 0 Å². The van der Waals surface area contributed by atoms with Crippen LogP contribution in [0.25, 0.3) is 0 Å². The fraction of sp³-hybridized carbons (Fsp3) is 0.711. The van der Waals surface area contributed by atoms with Crippen molar-refractivity contribution in [1.29, 1.82) is 0 Å². The molecular formula is C38H68N12O13. The number of amides is 7. The number of aliphatic imine (C=N–C) groups is 1. The molecule has 0 saturated heterocycles. The van der Waals surface area contributed by atoms with Gasteiger partial charge in [-0.15, -0.1) is 0 Å². The van der Waals surface area contributed by atoms with Crippen LogP contribution in [-0.2, 0) is 47.9 Å². The highest BCUT2D eigenvalue weighted by molar-refractivity contribution is 5.98. The lowest BCUT2D eigenvalue weighted by atomic mass is 9.96. The van der Waals surface area contributed by atoms with Crippen molar-refractivity contribution in [1.82, 2.24) is 31.9 Å². The van der Waals surface area contributed by atoms with E-state index in [-0.39, 0.29) is 69.9 Å². The van der Waals surface area contributed by atoms with Gasteiger partial charge in [0.2, 0.25) is 41.4 Å². The summed E-state index contributed by atoms with van der Waals surface area (Å²) in [5.74, 6) is -11.9. The van der Waals surface area contributed by atoms with Crippen molar-refractivity contribution < 1.29 is 63.3 Å². The predicted molar refractivity (Wildman–Crippen MR) is 226 cm³/mol. The molecule has 7 amide bonds. The molecule has 0 saturated carbocycles. The van der Waals surface area contributed by atoms with Gasteiger partial charge in [-0.3, -0.25) is 48.1 Å². The molecule has 0 spiro atoms. The average Bonchev–Trinajstić information content (AvgIpc) is 3.19. The number of carbonyl (C=O) groups is 10. The Morgan fingerprint density at radius 1 is 0.571 bits per heavy atom. The smallest absolute Gasteiger partial charge is 0.326 e. The Hall–Kier alpha value is -6.11. The molecule has 0 fully saturated rings. The van der Waals surface area contributed by atoms with Gasteiger partial charge in [0, 0.05) is 19.4 Å². The number of unbranched alkanes of at least 4 members (excludes halogenated alkanes) is 1. The zero-order valence-corrected chi connectivity index (χ0v) is 36.4. The minimum atomic E-state index is -1.85. The maximum atomic E-state index is 13.9. The maximum absolute atomic E-state index is 13.9. The lowest BCUT2D eigenvalue weighted by Crippen LogP contribution is -2.61. The fourth-order valence-corrected chi connectivity index (χ4v) is 5.89. The summed E-state index contributed by atoms with van der Waals surface area (Å²) in [5.41, 5.74) is 27.3. The van der Waals surface area contributed by atoms with Crippen LogP contribution >= 0.6 is 0 Å². The van der Waals surface area contributed by atoms with Crippen molar-refractivity contribution in [2.45, 2.75) is 147 Å². The number of guanidine groups is 1. The predicted octanol–water partition coefficient (Wildman–Crippen LogP) is -3.81. The van der Waals surface area contributed by atoms with Crippen LogP contribution in [0.1, 0.15) is 105 Å². The van der Waals surface area contributed by atoms with Crippen LogP contribution in [0.4, 0.5) is 0 Å². The van der Waals surface area contributed by atoms with Crippen LogP contribution < -0.4 is 60.6 Å². The number of nitrogens with one attached hydrogen (secondary N) is 6. The molecule has 358 valence electrons. The lowest BCUT2D eigenvalue weighted by molar-refractivity contribution is -0.143. The van der Waals surface area contributed by atoms with Crippen molar-refractivity contribution in [3.8, 4) is 0 Å². The molecule has 0 heterocycles. The van der Waals surface area contributed by atoms with Crippen molar-refractivity contribution in [2.24, 2.45) is 45.5 Å². The van der Waals surface area contributed by atoms with E-state index in [0.717, 1.165) is 0 Å². The number of hydrogen-bond donors (Lipinski definition) is 14. The minimum absolute atomic E-state index is 0.00593. The molecule has 0 aromatic rings. The standard InChI is InChI=1S/C38H68N12O13/c1-5-20(4)30(50-34(59)24(12-14-28(52)53)47-32(57)22(9-6-7-15-39)45-31(56)21(40)11-13-27(41)51)36(61)48-25(18-29(54)55)35(60)46-23(10-8-16-44-38(42)43)33(58)49-26(37(62)63)17-19(2)3/h19-26,30H,5-18,39-40H2,1-4H3,(H2,41,51)(H,45,56)(H,46,60)(H,47,57)(H,48,61)(H,49,58)(H,50,59)(H,52,53)(H,54,55)(H,62,63)(H4,42,43,44)/t20-,21-,22-,23-,24-,25-,26-,30-/m0/s1. The van der Waals surface area contributed by atoms with Gasteiger partial charge in [0.25, 0.3) is 0 Å². The van der Waals surface area contributed by atoms with Gasteiger partial charge < -0.3 is 75.9 Å². The second-order valence-corrected chi connectivity index (χ2v) is 15.5. The van der Waals surface area contributed by atoms with E-state index in [9.17, 15) is 63.3 Å². The molecule has 0 rings (SSSR count). The van der Waals surface area contributed by atoms with Gasteiger partial charge >= 0.3 is 17.9 Å². The van der Waals surface area contributed by atoms with Crippen LogP contribution in [0.2, 0.25) is 0 Å². The topological polar surface area (TPSA) is 446 Å². The van der Waals surface area contributed by atoms with Gasteiger partial charge in [-0.2, -0.15) is 0 Å². The first-order chi connectivity index (χ1) is 29.4. The molecule has 0 aliphatic rings. The van der Waals surface area contributed by atoms with Crippen molar-refractivity contribution in [2.75, 3.05) is 13.1 Å². The molecule has 19 N–H and O–H groups in total. The van der Waals surface area contributed by atoms with E-state index in [4.69, 9.17) is 28.7 Å². The first kappa shape index (κ1) is 56.9. The third-order valence-electron chi connectivity index (χ3n) is 9.60. The van der Waals surface area contributed by atoms with Gasteiger partial charge in [-0.25, -0.2) is 4.79 Å². The van der Waals surface area contributed by atoms with E-state index in [0.29, 0.717) is 12.8 Å². The molecule has 63 heavy (non-hydrogen) atoms. The summed E-state index contributed by atoms with van der Waals surface area (Å²) in [6, 6.07) is -10.3. The SMILES string of the molecule is CC[C@H](C)[C@H](NC(=O)[C@H](CCC(=O)O)NC(=O)[C@H](CCCCN)NC(=O)[C@@H](N)CCC(N)=O)C(=O)N[C@@H](CC(=O)O)C(=O)N[C@@H](CCCN=C(N)N)C(=O)N[C@@H](CC(C)C)C(=O)O. The van der Waals surface area contributed by atoms with Gasteiger partial charge in [-0.1, -0.05) is 34.1 Å². The highest BCUT2D eigenvalue weighted by Gasteiger charge is 2.36. The van der Waals surface area contributed by atoms with Gasteiger partial charge in [-0.05, 0) is 69.7 Å². The number of rotatable bonds is 33. The number of hydrogen-bond acceptors (Lipinski definition) is 13. The number of aliphatic carboxylic acids is 3. The number of nitrogens with two attached hydrogens (primary N) is 5. The normalized spacial score (nSPS) is 14.8. The first-order valence-corrected chi connectivity index (χ1v) is 20.7. The van der Waals surface area contributed by atoms with Gasteiger partial charge in [0.1, 0.15) is 36.3 Å². The van der Waals surface area contributed by atoms with E-state index >= 15 is 0 Å². The molecule has 25 nitrogen and oxygen atoms in total. The molecule has 0 aliphatic heterocycles. The summed E-state index contributed by atoms with van der Waals surface area (Å²) in [4.78, 5) is 132. The summed E-state index contributed by atoms with van der Waals surface area (Å²) < 4.78 is 0. The zero-order valence-electron chi connectivity index (χ0n) is 36.4. The Balaban J connectivity index is 6.57. The lowest BCUT2D eigenvalue weighted by Gasteiger charge is -2.29. The highest BCUT2D eigenvalue weighted by atomic mass is 16.4. The third-order valence-corrected chi connectivity index (χ3v) is 9.60. The van der Waals surface area contributed by atoms with Crippen LogP contribution in [0.5, 0.6) is 0 Å².